The van der Waals surface area contributed by atoms with Crippen molar-refractivity contribution < 1.29 is 14.3 Å². The maximum Gasteiger partial charge on any atom is 0.340 e. The van der Waals surface area contributed by atoms with Crippen LogP contribution in [0.1, 0.15) is 62.0 Å². The van der Waals surface area contributed by atoms with Crippen LogP contribution in [-0.2, 0) is 9.47 Å². The molecule has 3 N–H and O–H groups in total. The van der Waals surface area contributed by atoms with E-state index in [0.29, 0.717) is 12.2 Å². The van der Waals surface area contributed by atoms with Crippen molar-refractivity contribution in [3.63, 3.8) is 0 Å². The van der Waals surface area contributed by atoms with E-state index in [-0.39, 0.29) is 24.0 Å². The summed E-state index contributed by atoms with van der Waals surface area (Å²) in [7, 11) is 1.69. The molecule has 6 nitrogen and oxygen atoms in total. The largest absolute Gasteiger partial charge is 0.462 e. The average molecular weight is 337 g/mol. The number of hydrogen-bond donors (Lipinski definition) is 2. The lowest BCUT2D eigenvalue weighted by atomic mass is 10.0. The quantitative estimate of drug-likeness (QED) is 0.590. The highest BCUT2D eigenvalue weighted by Crippen LogP contribution is 2.28. The lowest BCUT2D eigenvalue weighted by molar-refractivity contribution is 0.0498. The Labute approximate surface area is 144 Å². The van der Waals surface area contributed by atoms with Gasteiger partial charge in [0, 0.05) is 31.9 Å². The number of methoxy groups -OCH3 is 1. The Morgan fingerprint density at radius 2 is 2.25 bits per heavy atom. The molecule has 1 aliphatic rings. The van der Waals surface area contributed by atoms with E-state index in [4.69, 9.17) is 15.2 Å². The molecule has 1 aromatic rings. The molecular formula is C18H31N3O3. The molecule has 24 heavy (non-hydrogen) atoms. The molecule has 0 spiro atoms. The van der Waals surface area contributed by atoms with Gasteiger partial charge in [0.05, 0.1) is 18.3 Å². The van der Waals surface area contributed by atoms with Gasteiger partial charge in [-0.2, -0.15) is 0 Å². The smallest absolute Gasteiger partial charge is 0.340 e. The van der Waals surface area contributed by atoms with E-state index in [1.165, 1.54) is 0 Å². The number of nitrogens with one attached hydrogen (secondary N) is 1. The van der Waals surface area contributed by atoms with Crippen molar-refractivity contribution in [2.75, 3.05) is 31.7 Å². The Balaban J connectivity index is 2.17. The van der Waals surface area contributed by atoms with E-state index in [9.17, 15) is 4.79 Å². The third kappa shape index (κ3) is 4.30. The Morgan fingerprint density at radius 1 is 1.50 bits per heavy atom. The fraction of sp³-hybridized carbons (Fsp3) is 0.722. The van der Waals surface area contributed by atoms with E-state index in [1.807, 2.05) is 6.07 Å². The van der Waals surface area contributed by atoms with E-state index in [0.717, 1.165) is 43.9 Å². The van der Waals surface area contributed by atoms with E-state index < -0.39 is 0 Å². The van der Waals surface area contributed by atoms with Crippen LogP contribution in [0.5, 0.6) is 0 Å². The number of hydrogen-bond acceptors (Lipinski definition) is 5. The van der Waals surface area contributed by atoms with E-state index in [1.54, 1.807) is 7.11 Å². The van der Waals surface area contributed by atoms with E-state index >= 15 is 0 Å². The molecule has 1 aromatic heterocycles. The first kappa shape index (κ1) is 18.8. The summed E-state index contributed by atoms with van der Waals surface area (Å²) in [4.78, 5) is 18.0. The van der Waals surface area contributed by atoms with Gasteiger partial charge in [0.2, 0.25) is 0 Å². The van der Waals surface area contributed by atoms with Gasteiger partial charge in [-0.25, -0.2) is 4.79 Å². The second-order valence-electron chi connectivity index (χ2n) is 6.80. The number of carbonyl (C=O) groups excluding carboxylic acids is 1. The third-order valence-corrected chi connectivity index (χ3v) is 4.62. The highest BCUT2D eigenvalue weighted by atomic mass is 16.5. The maximum atomic E-state index is 12.4. The topological polar surface area (TPSA) is 80.6 Å². The maximum absolute atomic E-state index is 12.4. The van der Waals surface area contributed by atoms with Crippen LogP contribution in [0, 0.1) is 0 Å². The molecule has 0 amide bonds. The molecule has 0 saturated carbocycles. The minimum absolute atomic E-state index is 0.00417. The standard InChI is InChI=1S/C18H31N3O3/c1-5-6-9-24-18(22)13-10-16(20-17(13)12(2)3)21-8-7-14(19)15(11-21)23-4/h10,12,14-15,20H,5-9,11,19H2,1-4H3. The Morgan fingerprint density at radius 3 is 2.88 bits per heavy atom. The SMILES string of the molecule is CCCCOC(=O)c1cc(N2CCC(N)C(OC)C2)[nH]c1C(C)C. The highest BCUT2D eigenvalue weighted by Gasteiger charge is 2.29. The zero-order chi connectivity index (χ0) is 17.7. The Hall–Kier alpha value is -1.53. The molecule has 2 heterocycles. The third-order valence-electron chi connectivity index (χ3n) is 4.62. The molecule has 0 aliphatic carbocycles. The van der Waals surface area contributed by atoms with Gasteiger partial charge in [0.25, 0.3) is 0 Å². The summed E-state index contributed by atoms with van der Waals surface area (Å²) in [5.41, 5.74) is 7.66. The van der Waals surface area contributed by atoms with Gasteiger partial charge in [-0.15, -0.1) is 0 Å². The van der Waals surface area contributed by atoms with Crippen LogP contribution < -0.4 is 10.6 Å². The van der Waals surface area contributed by atoms with Crippen LogP contribution in [0.4, 0.5) is 5.82 Å². The lowest BCUT2D eigenvalue weighted by Gasteiger charge is -2.36. The van der Waals surface area contributed by atoms with Crippen molar-refractivity contribution >= 4 is 11.8 Å². The van der Waals surface area contributed by atoms with Crippen LogP contribution in [0.15, 0.2) is 6.07 Å². The zero-order valence-corrected chi connectivity index (χ0v) is 15.3. The molecule has 0 aromatic carbocycles. The van der Waals surface area contributed by atoms with Gasteiger partial charge < -0.3 is 25.1 Å². The number of nitrogens with zero attached hydrogens (tertiary/aromatic N) is 1. The number of nitrogens with two attached hydrogens (primary N) is 1. The second kappa shape index (κ2) is 8.53. The van der Waals surface area contributed by atoms with Crippen LogP contribution >= 0.6 is 0 Å². The van der Waals surface area contributed by atoms with Crippen molar-refractivity contribution in [1.82, 2.24) is 4.98 Å². The number of anilines is 1. The van der Waals surface area contributed by atoms with Crippen LogP contribution in [0.2, 0.25) is 0 Å². The predicted octanol–water partition coefficient (Wildman–Crippen LogP) is 2.65. The zero-order valence-electron chi connectivity index (χ0n) is 15.3. The fourth-order valence-electron chi connectivity index (χ4n) is 3.04. The molecule has 6 heteroatoms. The number of aromatic nitrogens is 1. The number of piperidine rings is 1. The van der Waals surface area contributed by atoms with Crippen molar-refractivity contribution in [2.45, 2.75) is 58.1 Å². The van der Waals surface area contributed by atoms with Gasteiger partial charge >= 0.3 is 5.97 Å². The number of carbonyl (C=O) groups is 1. The summed E-state index contributed by atoms with van der Waals surface area (Å²) in [5.74, 6) is 0.916. The number of aromatic amines is 1. The summed E-state index contributed by atoms with van der Waals surface area (Å²) in [6.45, 7) is 8.27. The van der Waals surface area contributed by atoms with Gasteiger partial charge in [-0.1, -0.05) is 27.2 Å². The fourth-order valence-corrected chi connectivity index (χ4v) is 3.04. The molecule has 1 fully saturated rings. The molecular weight excluding hydrogens is 306 g/mol. The van der Waals surface area contributed by atoms with Crippen molar-refractivity contribution in [3.8, 4) is 0 Å². The summed E-state index contributed by atoms with van der Waals surface area (Å²) in [5, 5.41) is 0. The Bertz CT molecular complexity index is 542. The van der Waals surface area contributed by atoms with Crippen molar-refractivity contribution in [2.24, 2.45) is 5.73 Å². The molecule has 2 unspecified atom stereocenters. The number of esters is 1. The number of ether oxygens (including phenoxy) is 2. The first-order valence-electron chi connectivity index (χ1n) is 8.91. The monoisotopic (exact) mass is 337 g/mol. The summed E-state index contributed by atoms with van der Waals surface area (Å²) in [6.07, 6.45) is 2.77. The number of rotatable bonds is 7. The first-order chi connectivity index (χ1) is 11.5. The first-order valence-corrected chi connectivity index (χ1v) is 8.91. The van der Waals surface area contributed by atoms with Crippen LogP contribution in [0.25, 0.3) is 0 Å². The molecule has 136 valence electrons. The second-order valence-corrected chi connectivity index (χ2v) is 6.80. The average Bonchev–Trinajstić information content (AvgIpc) is 3.01. The van der Waals surface area contributed by atoms with Crippen LogP contribution in [0.3, 0.4) is 0 Å². The number of H-pyrrole nitrogens is 1. The normalized spacial score (nSPS) is 21.3. The van der Waals surface area contributed by atoms with Crippen LogP contribution in [-0.4, -0.2) is 49.9 Å². The minimum atomic E-state index is -0.244. The van der Waals surface area contributed by atoms with Crippen molar-refractivity contribution in [3.05, 3.63) is 17.3 Å². The molecule has 0 bridgehead atoms. The summed E-state index contributed by atoms with van der Waals surface area (Å²) >= 11 is 0. The molecule has 2 atom stereocenters. The number of unbranched alkanes of at least 4 members (excludes halogenated alkanes) is 1. The lowest BCUT2D eigenvalue weighted by Crippen LogP contribution is -2.51. The molecule has 0 radical (unpaired) electrons. The Kier molecular flexibility index (Phi) is 6.69. The van der Waals surface area contributed by atoms with Gasteiger partial charge in [-0.3, -0.25) is 0 Å². The van der Waals surface area contributed by atoms with Gasteiger partial charge in [0.15, 0.2) is 0 Å². The molecule has 2 rings (SSSR count). The van der Waals surface area contributed by atoms with Gasteiger partial charge in [0.1, 0.15) is 5.82 Å². The summed E-state index contributed by atoms with van der Waals surface area (Å²) < 4.78 is 10.9. The molecule has 1 aliphatic heterocycles. The van der Waals surface area contributed by atoms with E-state index in [2.05, 4.69) is 30.7 Å². The highest BCUT2D eigenvalue weighted by molar-refractivity contribution is 5.92. The summed E-state index contributed by atoms with van der Waals surface area (Å²) in [6, 6.07) is 1.97. The predicted molar refractivity (Wildman–Crippen MR) is 95.7 cm³/mol. The minimum Gasteiger partial charge on any atom is -0.462 e. The van der Waals surface area contributed by atoms with Gasteiger partial charge in [-0.05, 0) is 24.8 Å². The van der Waals surface area contributed by atoms with Crippen molar-refractivity contribution in [1.29, 1.82) is 0 Å². The molecule has 1 saturated heterocycles.